The van der Waals surface area contributed by atoms with Gasteiger partial charge in [-0.2, -0.15) is 0 Å². The highest BCUT2D eigenvalue weighted by atomic mass is 32.1. The fraction of sp³-hybridized carbons (Fsp3) is 0.222. The number of ether oxygens (including phenoxy) is 1. The number of benzene rings is 3. The Bertz CT molecular complexity index is 1340. The summed E-state index contributed by atoms with van der Waals surface area (Å²) in [6, 6.07) is 25.3. The summed E-state index contributed by atoms with van der Waals surface area (Å²) in [5, 5.41) is 3.55. The zero-order valence-corrected chi connectivity index (χ0v) is 19.8. The van der Waals surface area contributed by atoms with E-state index in [1.807, 2.05) is 36.4 Å². The predicted molar refractivity (Wildman–Crippen MR) is 137 cm³/mol. The van der Waals surface area contributed by atoms with Crippen molar-refractivity contribution in [1.29, 1.82) is 0 Å². The molecule has 0 radical (unpaired) electrons. The molecule has 4 aromatic rings. The molecule has 174 valence electrons. The van der Waals surface area contributed by atoms with E-state index in [9.17, 15) is 9.59 Å². The molecule has 1 aromatic heterocycles. The van der Waals surface area contributed by atoms with E-state index in [2.05, 4.69) is 34.6 Å². The number of aromatic amines is 1. The summed E-state index contributed by atoms with van der Waals surface area (Å²) in [7, 11) is 1.62. The van der Waals surface area contributed by atoms with Crippen LogP contribution in [0.2, 0.25) is 0 Å². The van der Waals surface area contributed by atoms with Gasteiger partial charge in [0, 0.05) is 38.3 Å². The van der Waals surface area contributed by atoms with Crippen molar-refractivity contribution in [2.24, 2.45) is 0 Å². The largest absolute Gasteiger partial charge is 0.385 e. The highest BCUT2D eigenvalue weighted by Gasteiger charge is 2.16. The van der Waals surface area contributed by atoms with Crippen LogP contribution in [0.5, 0.6) is 0 Å². The second-order valence-corrected chi connectivity index (χ2v) is 8.46. The first-order valence-corrected chi connectivity index (χ1v) is 11.6. The van der Waals surface area contributed by atoms with Gasteiger partial charge in [-0.15, -0.1) is 0 Å². The number of nitrogens with one attached hydrogen (secondary N) is 2. The van der Waals surface area contributed by atoms with Gasteiger partial charge in [-0.1, -0.05) is 60.7 Å². The summed E-state index contributed by atoms with van der Waals surface area (Å²) >= 11 is 5.39. The van der Waals surface area contributed by atoms with E-state index in [1.165, 1.54) is 4.57 Å². The van der Waals surface area contributed by atoms with Gasteiger partial charge in [0.25, 0.3) is 11.5 Å². The van der Waals surface area contributed by atoms with Gasteiger partial charge >= 0.3 is 0 Å². The van der Waals surface area contributed by atoms with Crippen LogP contribution in [0.3, 0.4) is 0 Å². The summed E-state index contributed by atoms with van der Waals surface area (Å²) in [4.78, 5) is 29.0. The predicted octanol–water partition coefficient (Wildman–Crippen LogP) is 4.66. The number of hydrogen-bond donors (Lipinski definition) is 2. The second kappa shape index (κ2) is 11.0. The molecule has 0 unspecified atom stereocenters. The van der Waals surface area contributed by atoms with Gasteiger partial charge in [0.2, 0.25) is 0 Å². The second-order valence-electron chi connectivity index (χ2n) is 8.08. The maximum atomic E-state index is 13.0. The lowest BCUT2D eigenvalue weighted by Crippen LogP contribution is -2.29. The molecule has 6 nitrogen and oxygen atoms in total. The number of methoxy groups -OCH3 is 1. The Morgan fingerprint density at radius 1 is 1.03 bits per heavy atom. The van der Waals surface area contributed by atoms with Crippen LogP contribution < -0.4 is 10.9 Å². The first-order chi connectivity index (χ1) is 16.6. The fourth-order valence-corrected chi connectivity index (χ4v) is 4.35. The number of amides is 1. The number of rotatable bonds is 9. The van der Waals surface area contributed by atoms with Crippen molar-refractivity contribution in [1.82, 2.24) is 14.9 Å². The maximum Gasteiger partial charge on any atom is 0.262 e. The molecule has 0 atom stereocenters. The van der Waals surface area contributed by atoms with Crippen molar-refractivity contribution in [3.63, 3.8) is 0 Å². The lowest BCUT2D eigenvalue weighted by atomic mass is 9.91. The number of hydrogen-bond acceptors (Lipinski definition) is 4. The van der Waals surface area contributed by atoms with Gasteiger partial charge in [0.05, 0.1) is 10.9 Å². The fourth-order valence-electron chi connectivity index (χ4n) is 4.06. The third kappa shape index (κ3) is 5.32. The quantitative estimate of drug-likeness (QED) is 0.274. The minimum atomic E-state index is -0.206. The molecule has 0 spiro atoms. The third-order valence-corrected chi connectivity index (χ3v) is 6.17. The number of H-pyrrole nitrogens is 1. The molecule has 0 aliphatic heterocycles. The van der Waals surface area contributed by atoms with E-state index < -0.39 is 0 Å². The average Bonchev–Trinajstić information content (AvgIpc) is 2.87. The summed E-state index contributed by atoms with van der Waals surface area (Å²) in [5.74, 6) is -0.181. The van der Waals surface area contributed by atoms with E-state index in [-0.39, 0.29) is 17.4 Å². The van der Waals surface area contributed by atoms with Crippen LogP contribution in [0.4, 0.5) is 0 Å². The SMILES string of the molecule is COCCCn1c(=S)[nH]c2cc(C(=O)NCC(c3ccccc3)c3ccccc3)ccc2c1=O. The van der Waals surface area contributed by atoms with E-state index in [1.54, 1.807) is 25.3 Å². The van der Waals surface area contributed by atoms with E-state index in [0.717, 1.165) is 11.1 Å². The van der Waals surface area contributed by atoms with Crippen molar-refractivity contribution in [2.75, 3.05) is 20.3 Å². The molecular weight excluding hydrogens is 446 g/mol. The van der Waals surface area contributed by atoms with Gasteiger partial charge < -0.3 is 15.0 Å². The summed E-state index contributed by atoms with van der Waals surface area (Å²) in [5.41, 5.74) is 3.11. The highest BCUT2D eigenvalue weighted by molar-refractivity contribution is 7.71. The van der Waals surface area contributed by atoms with Gasteiger partial charge in [-0.05, 0) is 48.0 Å². The molecule has 0 bridgehead atoms. The molecule has 1 amide bonds. The lowest BCUT2D eigenvalue weighted by molar-refractivity contribution is 0.0952. The van der Waals surface area contributed by atoms with Crippen molar-refractivity contribution < 1.29 is 9.53 Å². The zero-order chi connectivity index (χ0) is 23.9. The van der Waals surface area contributed by atoms with Crippen molar-refractivity contribution in [2.45, 2.75) is 18.9 Å². The van der Waals surface area contributed by atoms with Gasteiger partial charge in [0.1, 0.15) is 0 Å². The number of nitrogens with zero attached hydrogens (tertiary/aromatic N) is 1. The summed E-state index contributed by atoms with van der Waals surface area (Å²) in [6.45, 7) is 1.47. The standard InChI is InChI=1S/C27H27N3O3S/c1-33-16-8-15-30-26(32)22-14-13-21(17-24(22)29-27(30)34)25(31)28-18-23(19-9-4-2-5-10-19)20-11-6-3-7-12-20/h2-7,9-14,17,23H,8,15-16,18H2,1H3,(H,28,31)(H,29,34). The Hall–Kier alpha value is -3.55. The van der Waals surface area contributed by atoms with Crippen LogP contribution in [0.25, 0.3) is 10.9 Å². The normalized spacial score (nSPS) is 11.1. The Balaban J connectivity index is 1.56. The first kappa shape index (κ1) is 23.6. The van der Waals surface area contributed by atoms with Gasteiger partial charge in [-0.3, -0.25) is 14.2 Å². The molecule has 0 aliphatic rings. The molecule has 0 fully saturated rings. The summed E-state index contributed by atoms with van der Waals surface area (Å²) < 4.78 is 6.93. The van der Waals surface area contributed by atoms with Crippen molar-refractivity contribution in [3.05, 3.63) is 111 Å². The Labute approximate surface area is 203 Å². The Morgan fingerprint density at radius 2 is 1.68 bits per heavy atom. The average molecular weight is 474 g/mol. The molecular formula is C27H27N3O3S. The number of fused-ring (bicyclic) bond motifs is 1. The minimum Gasteiger partial charge on any atom is -0.385 e. The molecule has 1 heterocycles. The molecule has 0 saturated heterocycles. The van der Waals surface area contributed by atoms with Crippen molar-refractivity contribution in [3.8, 4) is 0 Å². The number of aromatic nitrogens is 2. The van der Waals surface area contributed by atoms with Gasteiger partial charge in [-0.25, -0.2) is 0 Å². The summed E-state index contributed by atoms with van der Waals surface area (Å²) in [6.07, 6.45) is 0.684. The van der Waals surface area contributed by atoms with Crippen LogP contribution in [-0.4, -0.2) is 35.7 Å². The molecule has 4 rings (SSSR count). The topological polar surface area (TPSA) is 76.1 Å². The molecule has 7 heteroatoms. The van der Waals surface area contributed by atoms with E-state index in [0.29, 0.717) is 47.4 Å². The Kier molecular flexibility index (Phi) is 7.67. The van der Waals surface area contributed by atoms with E-state index >= 15 is 0 Å². The highest BCUT2D eigenvalue weighted by Crippen LogP contribution is 2.24. The molecule has 0 saturated carbocycles. The number of carbonyl (C=O) groups excluding carboxylic acids is 1. The number of carbonyl (C=O) groups is 1. The minimum absolute atomic E-state index is 0.0249. The van der Waals surface area contributed by atoms with Crippen LogP contribution in [0, 0.1) is 4.77 Å². The molecule has 3 aromatic carbocycles. The molecule has 2 N–H and O–H groups in total. The lowest BCUT2D eigenvalue weighted by Gasteiger charge is -2.19. The van der Waals surface area contributed by atoms with Crippen molar-refractivity contribution >= 4 is 29.0 Å². The van der Waals surface area contributed by atoms with Crippen LogP contribution in [-0.2, 0) is 11.3 Å². The Morgan fingerprint density at radius 3 is 2.29 bits per heavy atom. The maximum absolute atomic E-state index is 13.0. The zero-order valence-electron chi connectivity index (χ0n) is 19.0. The third-order valence-electron chi connectivity index (χ3n) is 5.84. The van der Waals surface area contributed by atoms with Gasteiger partial charge in [0.15, 0.2) is 4.77 Å². The monoisotopic (exact) mass is 473 g/mol. The smallest absolute Gasteiger partial charge is 0.262 e. The molecule has 34 heavy (non-hydrogen) atoms. The van der Waals surface area contributed by atoms with Crippen LogP contribution >= 0.6 is 12.2 Å². The van der Waals surface area contributed by atoms with Crippen LogP contribution in [0.15, 0.2) is 83.7 Å². The molecule has 0 aliphatic carbocycles. The van der Waals surface area contributed by atoms with Crippen LogP contribution in [0.1, 0.15) is 33.8 Å². The van der Waals surface area contributed by atoms with E-state index in [4.69, 9.17) is 17.0 Å². The first-order valence-electron chi connectivity index (χ1n) is 11.2.